The number of benzene rings is 1. The molecule has 34 heavy (non-hydrogen) atoms. The summed E-state index contributed by atoms with van der Waals surface area (Å²) in [6, 6.07) is 11.5. The Bertz CT molecular complexity index is 1020. The van der Waals surface area contributed by atoms with Crippen LogP contribution in [-0.2, 0) is 9.59 Å². The Morgan fingerprint density at radius 1 is 1.03 bits per heavy atom. The predicted octanol–water partition coefficient (Wildman–Crippen LogP) is 5.64. The van der Waals surface area contributed by atoms with Gasteiger partial charge in [0.15, 0.2) is 0 Å². The lowest BCUT2D eigenvalue weighted by Gasteiger charge is -2.40. The fourth-order valence-electron chi connectivity index (χ4n) is 5.07. The van der Waals surface area contributed by atoms with Gasteiger partial charge in [-0.25, -0.2) is 4.79 Å². The van der Waals surface area contributed by atoms with E-state index in [1.54, 1.807) is 16.7 Å². The zero-order chi connectivity index (χ0) is 24.2. The summed E-state index contributed by atoms with van der Waals surface area (Å²) in [7, 11) is 0. The number of thiophene rings is 1. The second kappa shape index (κ2) is 10.6. The van der Waals surface area contributed by atoms with Crippen molar-refractivity contribution in [3.63, 3.8) is 0 Å². The largest absolute Gasteiger partial charge is 0.512 e. The molecule has 0 spiro atoms. The van der Waals surface area contributed by atoms with Gasteiger partial charge in [-0.2, -0.15) is 0 Å². The molecule has 0 bridgehead atoms. The number of carbonyl (C=O) groups is 3. The van der Waals surface area contributed by atoms with E-state index in [-0.39, 0.29) is 28.8 Å². The summed E-state index contributed by atoms with van der Waals surface area (Å²) >= 11 is 1.24. The van der Waals surface area contributed by atoms with Crippen LogP contribution in [0.15, 0.2) is 36.4 Å². The molecule has 182 valence electrons. The van der Waals surface area contributed by atoms with Crippen LogP contribution in [0.25, 0.3) is 10.4 Å². The second-order valence-corrected chi connectivity index (χ2v) is 10.4. The van der Waals surface area contributed by atoms with Gasteiger partial charge in [0.1, 0.15) is 0 Å². The third-order valence-corrected chi connectivity index (χ3v) is 8.11. The number of amides is 2. The quantitative estimate of drug-likeness (QED) is 0.555. The number of carbonyl (C=O) groups excluding carboxylic acids is 2. The summed E-state index contributed by atoms with van der Waals surface area (Å²) in [5, 5.41) is 9.63. The number of carboxylic acid groups (broad SMARTS) is 1. The average Bonchev–Trinajstić information content (AvgIpc) is 3.23. The van der Waals surface area contributed by atoms with E-state index in [0.717, 1.165) is 36.1 Å². The fourth-order valence-corrected chi connectivity index (χ4v) is 6.07. The van der Waals surface area contributed by atoms with Crippen LogP contribution in [-0.4, -0.2) is 47.1 Å². The third kappa shape index (κ3) is 5.43. The molecular formula is C26H32N2O5S. The molecule has 1 saturated carbocycles. The Hall–Kier alpha value is -2.87. The number of anilines is 1. The van der Waals surface area contributed by atoms with Gasteiger partial charge < -0.3 is 19.6 Å². The van der Waals surface area contributed by atoms with Gasteiger partial charge in [-0.05, 0) is 56.1 Å². The first kappa shape index (κ1) is 24.3. The summed E-state index contributed by atoms with van der Waals surface area (Å²) in [6.07, 6.45) is 3.62. The minimum Gasteiger partial charge on any atom is -0.449 e. The highest BCUT2D eigenvalue weighted by Crippen LogP contribution is 2.45. The maximum absolute atomic E-state index is 14.0. The Morgan fingerprint density at radius 3 is 2.26 bits per heavy atom. The maximum atomic E-state index is 14.0. The minimum absolute atomic E-state index is 0.0365. The highest BCUT2D eigenvalue weighted by atomic mass is 32.1. The Balaban J connectivity index is 1.71. The lowest BCUT2D eigenvalue weighted by molar-refractivity contribution is -0.130. The first-order chi connectivity index (χ1) is 16.3. The molecule has 4 rings (SSSR count). The van der Waals surface area contributed by atoms with Gasteiger partial charge in [0.2, 0.25) is 16.9 Å². The van der Waals surface area contributed by atoms with Gasteiger partial charge in [-0.3, -0.25) is 9.59 Å². The highest BCUT2D eigenvalue weighted by Gasteiger charge is 2.37. The van der Waals surface area contributed by atoms with Gasteiger partial charge in [-0.1, -0.05) is 48.6 Å². The number of rotatable bonds is 5. The molecule has 2 aromatic rings. The van der Waals surface area contributed by atoms with Crippen LogP contribution in [0, 0.1) is 11.8 Å². The van der Waals surface area contributed by atoms with E-state index in [9.17, 15) is 19.5 Å². The fraction of sp³-hybridized carbons (Fsp3) is 0.500. The van der Waals surface area contributed by atoms with Crippen molar-refractivity contribution < 1.29 is 24.2 Å². The molecule has 1 N–H and O–H groups in total. The zero-order valence-corrected chi connectivity index (χ0v) is 20.6. The second-order valence-electron chi connectivity index (χ2n) is 9.42. The van der Waals surface area contributed by atoms with Crippen LogP contribution >= 0.6 is 11.3 Å². The molecular weight excluding hydrogens is 452 g/mol. The van der Waals surface area contributed by atoms with E-state index in [2.05, 4.69) is 6.92 Å². The van der Waals surface area contributed by atoms with Gasteiger partial charge in [0, 0.05) is 36.9 Å². The lowest BCUT2D eigenvalue weighted by atomic mass is 9.82. The standard InChI is InChI=1S/C26H32N2O5S/c1-17-8-10-20(11-9-17)24(30)28(21-12-14-27(15-13-21)18(2)29)22-16-23(19-6-4-3-5-7-19)34-25(22)33-26(31)32/h3-7,16-17,20-21H,8-15H2,1-2H3,(H,31,32). The van der Waals surface area contributed by atoms with Crippen molar-refractivity contribution in [2.75, 3.05) is 18.0 Å². The first-order valence-corrected chi connectivity index (χ1v) is 12.8. The van der Waals surface area contributed by atoms with E-state index >= 15 is 0 Å². The summed E-state index contributed by atoms with van der Waals surface area (Å²) in [4.78, 5) is 41.8. The van der Waals surface area contributed by atoms with Gasteiger partial charge in [-0.15, -0.1) is 0 Å². The smallest absolute Gasteiger partial charge is 0.449 e. The summed E-state index contributed by atoms with van der Waals surface area (Å²) in [5.74, 6) is 0.614. The predicted molar refractivity (Wildman–Crippen MR) is 132 cm³/mol. The number of nitrogens with zero attached hydrogens (tertiary/aromatic N) is 2. The number of hydrogen-bond acceptors (Lipinski definition) is 5. The van der Waals surface area contributed by atoms with Crippen LogP contribution in [0.5, 0.6) is 5.06 Å². The Labute approximate surface area is 204 Å². The molecule has 2 amide bonds. The molecule has 1 saturated heterocycles. The van der Waals surface area contributed by atoms with Crippen molar-refractivity contribution in [3.05, 3.63) is 36.4 Å². The average molecular weight is 485 g/mol. The molecule has 1 aromatic heterocycles. The van der Waals surface area contributed by atoms with Crippen molar-refractivity contribution in [2.45, 2.75) is 58.4 Å². The van der Waals surface area contributed by atoms with Crippen molar-refractivity contribution in [2.24, 2.45) is 11.8 Å². The van der Waals surface area contributed by atoms with E-state index in [4.69, 9.17) is 4.74 Å². The van der Waals surface area contributed by atoms with Gasteiger partial charge in [0.05, 0.1) is 5.69 Å². The van der Waals surface area contributed by atoms with Crippen LogP contribution in [0.2, 0.25) is 0 Å². The molecule has 1 aromatic carbocycles. The topological polar surface area (TPSA) is 87.2 Å². The Kier molecular flexibility index (Phi) is 7.56. The van der Waals surface area contributed by atoms with Crippen LogP contribution < -0.4 is 9.64 Å². The van der Waals surface area contributed by atoms with E-state index in [0.29, 0.717) is 37.5 Å². The molecule has 8 heteroatoms. The maximum Gasteiger partial charge on any atom is 0.512 e. The van der Waals surface area contributed by atoms with Crippen LogP contribution in [0.4, 0.5) is 10.5 Å². The number of hydrogen-bond donors (Lipinski definition) is 1. The van der Waals surface area contributed by atoms with E-state index < -0.39 is 6.16 Å². The van der Waals surface area contributed by atoms with Crippen molar-refractivity contribution in [3.8, 4) is 15.5 Å². The van der Waals surface area contributed by atoms with Crippen LogP contribution in [0.3, 0.4) is 0 Å². The van der Waals surface area contributed by atoms with Crippen molar-refractivity contribution in [1.29, 1.82) is 0 Å². The highest BCUT2D eigenvalue weighted by molar-refractivity contribution is 7.18. The molecule has 0 radical (unpaired) electrons. The Morgan fingerprint density at radius 2 is 1.68 bits per heavy atom. The molecule has 7 nitrogen and oxygen atoms in total. The number of ether oxygens (including phenoxy) is 1. The van der Waals surface area contributed by atoms with Crippen molar-refractivity contribution >= 4 is 35.0 Å². The number of likely N-dealkylation sites (tertiary alicyclic amines) is 1. The lowest BCUT2D eigenvalue weighted by Crippen LogP contribution is -2.50. The minimum atomic E-state index is -1.40. The summed E-state index contributed by atoms with van der Waals surface area (Å²) < 4.78 is 5.21. The molecule has 0 atom stereocenters. The van der Waals surface area contributed by atoms with E-state index in [1.807, 2.05) is 36.4 Å². The first-order valence-electron chi connectivity index (χ1n) is 12.0. The SMILES string of the molecule is CC(=O)N1CCC(N(C(=O)C2CCC(C)CC2)c2cc(-c3ccccc3)sc2OC(=O)O)CC1. The molecule has 1 aliphatic carbocycles. The third-order valence-electron chi connectivity index (χ3n) is 7.05. The van der Waals surface area contributed by atoms with Crippen LogP contribution in [0.1, 0.15) is 52.4 Å². The molecule has 1 aliphatic heterocycles. The van der Waals surface area contributed by atoms with Gasteiger partial charge in [0.25, 0.3) is 0 Å². The molecule has 2 fully saturated rings. The molecule has 2 aliphatic rings. The zero-order valence-electron chi connectivity index (χ0n) is 19.7. The molecule has 2 heterocycles. The monoisotopic (exact) mass is 484 g/mol. The normalized spacial score (nSPS) is 21.2. The summed E-state index contributed by atoms with van der Waals surface area (Å²) in [5.41, 5.74) is 1.47. The summed E-state index contributed by atoms with van der Waals surface area (Å²) in [6.45, 7) is 4.95. The van der Waals surface area contributed by atoms with E-state index in [1.165, 1.54) is 11.3 Å². The van der Waals surface area contributed by atoms with Gasteiger partial charge >= 0.3 is 6.16 Å². The number of piperidine rings is 1. The van der Waals surface area contributed by atoms with Crippen molar-refractivity contribution in [1.82, 2.24) is 4.90 Å². The molecule has 0 unspecified atom stereocenters.